The van der Waals surface area contributed by atoms with Gasteiger partial charge in [-0.15, -0.1) is 11.3 Å². The van der Waals surface area contributed by atoms with Crippen LogP contribution in [-0.2, 0) is 0 Å². The largest absolute Gasteiger partial charge is 0.352 e. The highest BCUT2D eigenvalue weighted by Crippen LogP contribution is 2.25. The third-order valence-electron chi connectivity index (χ3n) is 2.65. The maximum absolute atomic E-state index is 4.45. The molecule has 3 rings (SSSR count). The summed E-state index contributed by atoms with van der Waals surface area (Å²) in [4.78, 5) is 11.1. The molecule has 0 radical (unpaired) electrons. The van der Waals surface area contributed by atoms with Gasteiger partial charge in [-0.05, 0) is 6.07 Å². The van der Waals surface area contributed by atoms with E-state index in [-0.39, 0.29) is 0 Å². The van der Waals surface area contributed by atoms with Gasteiger partial charge in [-0.2, -0.15) is 0 Å². The molecule has 1 aliphatic rings. The van der Waals surface area contributed by atoms with Gasteiger partial charge in [-0.25, -0.2) is 9.97 Å². The second-order valence-electron chi connectivity index (χ2n) is 3.57. The molecule has 15 heavy (non-hydrogen) atoms. The van der Waals surface area contributed by atoms with Crippen LogP contribution in [0, 0.1) is 0 Å². The van der Waals surface area contributed by atoms with Gasteiger partial charge < -0.3 is 10.2 Å². The molecule has 3 heterocycles. The van der Waals surface area contributed by atoms with Gasteiger partial charge in [-0.3, -0.25) is 0 Å². The maximum atomic E-state index is 4.45. The molecule has 78 valence electrons. The van der Waals surface area contributed by atoms with E-state index in [1.54, 1.807) is 11.3 Å². The van der Waals surface area contributed by atoms with Gasteiger partial charge in [-0.1, -0.05) is 0 Å². The number of anilines is 1. The Kier molecular flexibility index (Phi) is 2.26. The monoisotopic (exact) mass is 220 g/mol. The van der Waals surface area contributed by atoms with Gasteiger partial charge in [0.15, 0.2) is 5.82 Å². The van der Waals surface area contributed by atoms with Crippen LogP contribution in [0.4, 0.5) is 5.82 Å². The van der Waals surface area contributed by atoms with Gasteiger partial charge in [0.2, 0.25) is 0 Å². The van der Waals surface area contributed by atoms with E-state index in [0.717, 1.165) is 37.5 Å². The molecule has 0 bridgehead atoms. The molecular formula is C10H12N4S. The second-order valence-corrected chi connectivity index (χ2v) is 4.46. The van der Waals surface area contributed by atoms with Crippen LogP contribution in [0.5, 0.6) is 0 Å². The fraction of sp³-hybridized carbons (Fsp3) is 0.400. The van der Waals surface area contributed by atoms with E-state index >= 15 is 0 Å². The van der Waals surface area contributed by atoms with E-state index in [1.807, 2.05) is 17.8 Å². The first kappa shape index (κ1) is 9.06. The summed E-state index contributed by atoms with van der Waals surface area (Å²) in [6.45, 7) is 4.09. The Morgan fingerprint density at radius 3 is 3.00 bits per heavy atom. The van der Waals surface area contributed by atoms with Crippen molar-refractivity contribution in [2.45, 2.75) is 0 Å². The van der Waals surface area contributed by atoms with Gasteiger partial charge >= 0.3 is 0 Å². The number of hydrogen-bond acceptors (Lipinski definition) is 5. The van der Waals surface area contributed by atoms with Gasteiger partial charge in [0, 0.05) is 32.4 Å². The summed E-state index contributed by atoms with van der Waals surface area (Å²) in [7, 11) is 0. The Hall–Kier alpha value is -1.20. The summed E-state index contributed by atoms with van der Waals surface area (Å²) < 4.78 is 1.22. The molecule has 1 fully saturated rings. The van der Waals surface area contributed by atoms with Crippen LogP contribution in [-0.4, -0.2) is 36.1 Å². The second kappa shape index (κ2) is 3.75. The number of rotatable bonds is 1. The molecule has 0 aliphatic carbocycles. The van der Waals surface area contributed by atoms with Gasteiger partial charge in [0.25, 0.3) is 0 Å². The van der Waals surface area contributed by atoms with Crippen molar-refractivity contribution in [3.63, 3.8) is 0 Å². The van der Waals surface area contributed by atoms with Crippen molar-refractivity contribution in [2.24, 2.45) is 0 Å². The molecule has 0 saturated carbocycles. The summed E-state index contributed by atoms with van der Waals surface area (Å²) in [5, 5.41) is 3.34. The van der Waals surface area contributed by atoms with Crippen LogP contribution in [0.1, 0.15) is 0 Å². The standard InChI is InChI=1S/C10H12N4S/c1-2-12-10(9-8(1)15-7-13-9)14-5-3-11-4-6-14/h1-2,7,11H,3-6H2. The molecule has 2 aromatic heterocycles. The zero-order chi connectivity index (χ0) is 10.1. The Morgan fingerprint density at radius 2 is 2.13 bits per heavy atom. The van der Waals surface area contributed by atoms with Gasteiger partial charge in [0.1, 0.15) is 5.52 Å². The fourth-order valence-corrected chi connectivity index (χ4v) is 2.55. The molecule has 4 nitrogen and oxygen atoms in total. The number of nitrogens with zero attached hydrogens (tertiary/aromatic N) is 3. The Bertz CT molecular complexity index is 461. The number of aromatic nitrogens is 2. The molecule has 1 N–H and O–H groups in total. The first-order chi connectivity index (χ1) is 7.45. The molecule has 1 saturated heterocycles. The lowest BCUT2D eigenvalue weighted by Crippen LogP contribution is -2.44. The summed E-state index contributed by atoms with van der Waals surface area (Å²) in [6, 6.07) is 2.03. The predicted molar refractivity (Wildman–Crippen MR) is 62.5 cm³/mol. The van der Waals surface area contributed by atoms with Crippen molar-refractivity contribution < 1.29 is 0 Å². The summed E-state index contributed by atoms with van der Waals surface area (Å²) in [6.07, 6.45) is 1.87. The SMILES string of the molecule is c1cc2scnc2c(N2CCNCC2)n1. The maximum Gasteiger partial charge on any atom is 0.156 e. The average molecular weight is 220 g/mol. The Balaban J connectivity index is 2.05. The molecule has 0 aromatic carbocycles. The molecule has 0 unspecified atom stereocenters. The molecule has 0 amide bonds. The number of piperazine rings is 1. The van der Waals surface area contributed by atoms with Crippen LogP contribution in [0.25, 0.3) is 10.2 Å². The Labute approximate surface area is 92.0 Å². The smallest absolute Gasteiger partial charge is 0.156 e. The number of nitrogens with one attached hydrogen (secondary N) is 1. The molecule has 2 aromatic rings. The first-order valence-corrected chi connectivity index (χ1v) is 5.97. The molecule has 0 atom stereocenters. The van der Waals surface area contributed by atoms with Crippen LogP contribution in [0.3, 0.4) is 0 Å². The van der Waals surface area contributed by atoms with Crippen molar-refractivity contribution in [2.75, 3.05) is 31.1 Å². The topological polar surface area (TPSA) is 41.1 Å². The van der Waals surface area contributed by atoms with Crippen molar-refractivity contribution in [1.82, 2.24) is 15.3 Å². The van der Waals surface area contributed by atoms with E-state index in [0.29, 0.717) is 0 Å². The van der Waals surface area contributed by atoms with Crippen LogP contribution in [0.15, 0.2) is 17.8 Å². The van der Waals surface area contributed by atoms with Gasteiger partial charge in [0.05, 0.1) is 10.2 Å². The minimum atomic E-state index is 1.02. The van der Waals surface area contributed by atoms with Crippen molar-refractivity contribution in [3.8, 4) is 0 Å². The molecule has 0 spiro atoms. The predicted octanol–water partition coefficient (Wildman–Crippen LogP) is 1.10. The van der Waals surface area contributed by atoms with Crippen LogP contribution < -0.4 is 10.2 Å². The highest BCUT2D eigenvalue weighted by molar-refractivity contribution is 7.16. The zero-order valence-corrected chi connectivity index (χ0v) is 9.13. The number of fused-ring (bicyclic) bond motifs is 1. The van der Waals surface area contributed by atoms with Crippen LogP contribution in [0.2, 0.25) is 0 Å². The highest BCUT2D eigenvalue weighted by atomic mass is 32.1. The lowest BCUT2D eigenvalue weighted by atomic mass is 10.3. The fourth-order valence-electron chi connectivity index (χ4n) is 1.89. The van der Waals surface area contributed by atoms with Crippen LogP contribution >= 0.6 is 11.3 Å². The van der Waals surface area contributed by atoms with Crippen molar-refractivity contribution >= 4 is 27.4 Å². The first-order valence-electron chi connectivity index (χ1n) is 5.09. The van der Waals surface area contributed by atoms with E-state index in [2.05, 4.69) is 20.2 Å². The minimum absolute atomic E-state index is 1.02. The van der Waals surface area contributed by atoms with E-state index < -0.39 is 0 Å². The summed E-state index contributed by atoms with van der Waals surface area (Å²) in [5.41, 5.74) is 2.93. The van der Waals surface area contributed by atoms with E-state index in [4.69, 9.17) is 0 Å². The number of pyridine rings is 1. The highest BCUT2D eigenvalue weighted by Gasteiger charge is 2.15. The minimum Gasteiger partial charge on any atom is -0.352 e. The number of thiazole rings is 1. The lowest BCUT2D eigenvalue weighted by Gasteiger charge is -2.28. The quantitative estimate of drug-likeness (QED) is 0.781. The normalized spacial score (nSPS) is 17.2. The third kappa shape index (κ3) is 1.57. The summed E-state index contributed by atoms with van der Waals surface area (Å²) in [5.74, 6) is 1.04. The third-order valence-corrected chi connectivity index (χ3v) is 3.44. The van der Waals surface area contributed by atoms with E-state index in [9.17, 15) is 0 Å². The number of hydrogen-bond donors (Lipinski definition) is 1. The van der Waals surface area contributed by atoms with Crippen molar-refractivity contribution in [1.29, 1.82) is 0 Å². The Morgan fingerprint density at radius 1 is 1.27 bits per heavy atom. The molecule has 1 aliphatic heterocycles. The average Bonchev–Trinajstić information content (AvgIpc) is 2.78. The lowest BCUT2D eigenvalue weighted by molar-refractivity contribution is 0.586. The van der Waals surface area contributed by atoms with Crippen molar-refractivity contribution in [3.05, 3.63) is 17.8 Å². The summed E-state index contributed by atoms with van der Waals surface area (Å²) >= 11 is 1.67. The molecule has 5 heteroatoms. The zero-order valence-electron chi connectivity index (χ0n) is 8.31. The van der Waals surface area contributed by atoms with E-state index in [1.165, 1.54) is 4.70 Å². The molecular weight excluding hydrogens is 208 g/mol.